The highest BCUT2D eigenvalue weighted by Crippen LogP contribution is 2.32. The highest BCUT2D eigenvalue weighted by Gasteiger charge is 2.51. The molecule has 1 aromatic rings. The van der Waals surface area contributed by atoms with Gasteiger partial charge >= 0.3 is 6.09 Å². The van der Waals surface area contributed by atoms with E-state index in [2.05, 4.69) is 10.6 Å². The molecule has 2 amide bonds. The fraction of sp³-hybridized carbons (Fsp3) is 0.652. The number of aliphatic hydroxyl groups is 5. The van der Waals surface area contributed by atoms with Crippen molar-refractivity contribution in [1.82, 2.24) is 10.6 Å². The Balaban J connectivity index is 2.14. The van der Waals surface area contributed by atoms with Crippen molar-refractivity contribution >= 4 is 12.0 Å². The summed E-state index contributed by atoms with van der Waals surface area (Å²) in [4.78, 5) is 25.4. The van der Waals surface area contributed by atoms with Crippen molar-refractivity contribution in [2.45, 2.75) is 69.2 Å². The molecule has 12 nitrogen and oxygen atoms in total. The van der Waals surface area contributed by atoms with E-state index < -0.39 is 67.5 Å². The summed E-state index contributed by atoms with van der Waals surface area (Å²) >= 11 is 0. The first kappa shape index (κ1) is 28.9. The molecule has 0 unspecified atom stereocenters. The molecule has 1 saturated heterocycles. The lowest BCUT2D eigenvalue weighted by Crippen LogP contribution is -2.68. The van der Waals surface area contributed by atoms with Gasteiger partial charge < -0.3 is 50.4 Å². The Morgan fingerprint density at radius 3 is 2.40 bits per heavy atom. The van der Waals surface area contributed by atoms with Crippen LogP contribution >= 0.6 is 0 Å². The second-order valence-corrected chi connectivity index (χ2v) is 8.83. The van der Waals surface area contributed by atoms with Gasteiger partial charge in [-0.25, -0.2) is 4.79 Å². The van der Waals surface area contributed by atoms with E-state index >= 15 is 0 Å². The normalized spacial score (nSPS) is 27.1. The molecular weight excluding hydrogens is 464 g/mol. The molecule has 12 heteroatoms. The molecule has 1 aromatic carbocycles. The van der Waals surface area contributed by atoms with Crippen molar-refractivity contribution in [1.29, 1.82) is 0 Å². The number of amides is 2. The lowest BCUT2D eigenvalue weighted by molar-refractivity contribution is -0.322. The first-order valence-corrected chi connectivity index (χ1v) is 11.3. The van der Waals surface area contributed by atoms with Crippen LogP contribution in [0.3, 0.4) is 0 Å². The Bertz CT molecular complexity index is 805. The minimum Gasteiger partial charge on any atom is -0.445 e. The van der Waals surface area contributed by atoms with Crippen molar-refractivity contribution < 1.29 is 49.3 Å². The summed E-state index contributed by atoms with van der Waals surface area (Å²) in [5, 5.41) is 55.2. The van der Waals surface area contributed by atoms with E-state index in [0.717, 1.165) is 5.56 Å². The third-order valence-electron chi connectivity index (χ3n) is 5.91. The maximum Gasteiger partial charge on any atom is 0.408 e. The molecule has 0 aromatic heterocycles. The number of hydrogen-bond donors (Lipinski definition) is 7. The molecule has 35 heavy (non-hydrogen) atoms. The molecular formula is C23H36N2O10. The summed E-state index contributed by atoms with van der Waals surface area (Å²) in [7, 11) is 1.23. The summed E-state index contributed by atoms with van der Waals surface area (Å²) in [6, 6.07) is 6.65. The summed E-state index contributed by atoms with van der Waals surface area (Å²) in [5.74, 6) is -2.78. The van der Waals surface area contributed by atoms with Crippen LogP contribution in [0.15, 0.2) is 30.3 Å². The molecule has 0 saturated carbocycles. The van der Waals surface area contributed by atoms with Gasteiger partial charge in [0.1, 0.15) is 31.0 Å². The zero-order valence-corrected chi connectivity index (χ0v) is 20.0. The van der Waals surface area contributed by atoms with Crippen LogP contribution in [-0.2, 0) is 25.6 Å². The van der Waals surface area contributed by atoms with Crippen LogP contribution in [0.1, 0.15) is 25.8 Å². The van der Waals surface area contributed by atoms with Crippen molar-refractivity contribution in [3.8, 4) is 0 Å². The second-order valence-electron chi connectivity index (χ2n) is 8.83. The number of benzene rings is 1. The van der Waals surface area contributed by atoms with Gasteiger partial charge in [0.25, 0.3) is 0 Å². The Kier molecular flexibility index (Phi) is 10.8. The highest BCUT2D eigenvalue weighted by molar-refractivity contribution is 5.86. The number of carbonyl (C=O) groups excluding carboxylic acids is 2. The number of carbonyl (C=O) groups is 2. The predicted molar refractivity (Wildman–Crippen MR) is 122 cm³/mol. The number of rotatable bonds is 11. The maximum atomic E-state index is 13.1. The number of ether oxygens (including phenoxy) is 3. The van der Waals surface area contributed by atoms with Gasteiger partial charge in [-0.15, -0.1) is 0 Å². The highest BCUT2D eigenvalue weighted by atomic mass is 16.7. The monoisotopic (exact) mass is 500 g/mol. The van der Waals surface area contributed by atoms with Crippen LogP contribution < -0.4 is 10.6 Å². The van der Waals surface area contributed by atoms with E-state index in [1.54, 1.807) is 38.1 Å². The first-order valence-electron chi connectivity index (χ1n) is 11.3. The Morgan fingerprint density at radius 2 is 1.86 bits per heavy atom. The Hall–Kier alpha value is -2.32. The summed E-state index contributed by atoms with van der Waals surface area (Å²) in [6.07, 6.45) is -7.33. The van der Waals surface area contributed by atoms with Gasteiger partial charge in [0.05, 0.1) is 25.4 Å². The predicted octanol–water partition coefficient (Wildman–Crippen LogP) is -1.38. The second kappa shape index (κ2) is 13.1. The van der Waals surface area contributed by atoms with E-state index in [9.17, 15) is 35.1 Å². The Morgan fingerprint density at radius 1 is 1.20 bits per heavy atom. The maximum absolute atomic E-state index is 13.1. The van der Waals surface area contributed by atoms with Crippen molar-refractivity contribution in [3.05, 3.63) is 35.9 Å². The number of alkyl carbamates (subject to hydrolysis) is 1. The van der Waals surface area contributed by atoms with Crippen molar-refractivity contribution in [2.75, 3.05) is 20.3 Å². The lowest BCUT2D eigenvalue weighted by Gasteiger charge is -2.47. The molecule has 0 radical (unpaired) electrons. The van der Waals surface area contributed by atoms with Crippen LogP contribution in [0.5, 0.6) is 0 Å². The van der Waals surface area contributed by atoms with Crippen molar-refractivity contribution in [2.24, 2.45) is 5.92 Å². The number of methoxy groups -OCH3 is 1. The fourth-order valence-corrected chi connectivity index (χ4v) is 3.80. The van der Waals surface area contributed by atoms with Crippen LogP contribution in [0.25, 0.3) is 0 Å². The summed E-state index contributed by atoms with van der Waals surface area (Å²) in [6.45, 7) is 1.89. The van der Waals surface area contributed by atoms with Crippen LogP contribution in [0.2, 0.25) is 0 Å². The summed E-state index contributed by atoms with van der Waals surface area (Å²) in [5.41, 5.74) is 0.764. The molecule has 1 aliphatic heterocycles. The minimum atomic E-state index is -1.75. The molecule has 198 valence electrons. The largest absolute Gasteiger partial charge is 0.445 e. The van der Waals surface area contributed by atoms with Gasteiger partial charge in [-0.1, -0.05) is 44.2 Å². The van der Waals surface area contributed by atoms with Crippen LogP contribution in [0.4, 0.5) is 4.79 Å². The van der Waals surface area contributed by atoms with E-state index in [4.69, 9.17) is 14.2 Å². The van der Waals surface area contributed by atoms with Crippen LogP contribution in [0, 0.1) is 5.92 Å². The van der Waals surface area contributed by atoms with E-state index in [-0.39, 0.29) is 18.9 Å². The Labute approximate surface area is 203 Å². The molecule has 7 N–H and O–H groups in total. The zero-order valence-electron chi connectivity index (χ0n) is 20.0. The molecule has 2 rings (SSSR count). The minimum absolute atomic E-state index is 0.00185. The van der Waals surface area contributed by atoms with Gasteiger partial charge in [0.15, 0.2) is 5.79 Å². The quantitative estimate of drug-likeness (QED) is 0.191. The van der Waals surface area contributed by atoms with E-state index in [0.29, 0.717) is 0 Å². The number of nitrogens with one attached hydrogen (secondary N) is 2. The third kappa shape index (κ3) is 7.58. The molecule has 7 atom stereocenters. The van der Waals surface area contributed by atoms with Gasteiger partial charge in [0.2, 0.25) is 5.91 Å². The fourth-order valence-electron chi connectivity index (χ4n) is 3.80. The van der Waals surface area contributed by atoms with Crippen LogP contribution in [-0.4, -0.2) is 100 Å². The molecule has 0 bridgehead atoms. The average Bonchev–Trinajstić information content (AvgIpc) is 2.86. The molecule has 1 fully saturated rings. The molecule has 1 heterocycles. The summed E-state index contributed by atoms with van der Waals surface area (Å²) < 4.78 is 16.0. The number of aliphatic hydroxyl groups excluding tert-OH is 5. The SMILES string of the molecule is CO[C@@]1(CO)C[C@H](O)[C@@H](NC(=O)[C@H](NC(=O)OCc2ccccc2)C(C)C)[C@H]([C@H](O)[C@H](O)CO)O1. The zero-order chi connectivity index (χ0) is 26.2. The van der Waals surface area contributed by atoms with E-state index in [1.165, 1.54) is 7.11 Å². The average molecular weight is 501 g/mol. The van der Waals surface area contributed by atoms with Gasteiger partial charge in [-0.05, 0) is 11.5 Å². The van der Waals surface area contributed by atoms with Crippen molar-refractivity contribution in [3.63, 3.8) is 0 Å². The number of hydrogen-bond acceptors (Lipinski definition) is 10. The van der Waals surface area contributed by atoms with Gasteiger partial charge in [-0.2, -0.15) is 0 Å². The molecule has 0 spiro atoms. The molecule has 1 aliphatic rings. The first-order chi connectivity index (χ1) is 16.6. The van der Waals surface area contributed by atoms with E-state index in [1.807, 2.05) is 6.07 Å². The molecule has 0 aliphatic carbocycles. The van der Waals surface area contributed by atoms with Gasteiger partial charge in [-0.3, -0.25) is 4.79 Å². The third-order valence-corrected chi connectivity index (χ3v) is 5.91. The lowest BCUT2D eigenvalue weighted by atomic mass is 9.88. The standard InChI is InChI=1S/C23H36N2O10/c1-13(2)17(25-22(32)34-11-14-7-5-4-6-8-14)21(31)24-18-15(28)9-23(12-27,33-3)35-20(18)19(30)16(29)10-26/h4-8,13,15-20,26-30H,9-12H2,1-3H3,(H,24,31)(H,25,32)/t15-,16+,17+,18+,19+,20+,23-/m0/s1. The smallest absolute Gasteiger partial charge is 0.408 e. The topological polar surface area (TPSA) is 187 Å². The van der Waals surface area contributed by atoms with Gasteiger partial charge in [0, 0.05) is 13.5 Å².